The number of ether oxygens (including phenoxy) is 2. The van der Waals surface area contributed by atoms with E-state index in [9.17, 15) is 5.11 Å². The maximum absolute atomic E-state index is 10.2. The highest BCUT2D eigenvalue weighted by Gasteiger charge is 2.13. The summed E-state index contributed by atoms with van der Waals surface area (Å²) >= 11 is 1.74. The Balaban J connectivity index is 1.73. The lowest BCUT2D eigenvalue weighted by Gasteiger charge is -2.24. The average Bonchev–Trinajstić information content (AvgIpc) is 3.21. The SMILES string of the molecule is COCCCN(Cc1cccs1)CC(O)COCc1ccco1. The first-order chi connectivity index (χ1) is 11.3. The van der Waals surface area contributed by atoms with Gasteiger partial charge in [0, 0.05) is 38.2 Å². The molecule has 1 atom stereocenters. The van der Waals surface area contributed by atoms with Gasteiger partial charge in [-0.15, -0.1) is 11.3 Å². The number of furan rings is 1. The standard InChI is InChI=1S/C17H25NO4S/c1-20-8-4-7-18(12-17-6-3-10-23-17)11-15(19)13-21-14-16-5-2-9-22-16/h2-3,5-6,9-10,15,19H,4,7-8,11-14H2,1H3. The van der Waals surface area contributed by atoms with Gasteiger partial charge < -0.3 is 19.0 Å². The Labute approximate surface area is 141 Å². The van der Waals surface area contributed by atoms with E-state index in [0.717, 1.165) is 31.9 Å². The highest BCUT2D eigenvalue weighted by atomic mass is 32.1. The van der Waals surface area contributed by atoms with Crippen LogP contribution in [0.25, 0.3) is 0 Å². The van der Waals surface area contributed by atoms with E-state index in [0.29, 0.717) is 19.8 Å². The summed E-state index contributed by atoms with van der Waals surface area (Å²) in [5.74, 6) is 0.771. The van der Waals surface area contributed by atoms with Gasteiger partial charge >= 0.3 is 0 Å². The summed E-state index contributed by atoms with van der Waals surface area (Å²) in [5.41, 5.74) is 0. The Morgan fingerprint density at radius 2 is 2.26 bits per heavy atom. The van der Waals surface area contributed by atoms with Crippen LogP contribution in [0.1, 0.15) is 17.1 Å². The zero-order valence-electron chi connectivity index (χ0n) is 13.5. The topological polar surface area (TPSA) is 55.1 Å². The van der Waals surface area contributed by atoms with Crippen LogP contribution in [0.15, 0.2) is 40.3 Å². The van der Waals surface area contributed by atoms with Crippen LogP contribution in [-0.4, -0.2) is 49.5 Å². The zero-order chi connectivity index (χ0) is 16.3. The Hall–Kier alpha value is -1.18. The Morgan fingerprint density at radius 1 is 1.35 bits per heavy atom. The van der Waals surface area contributed by atoms with Crippen LogP contribution in [0.5, 0.6) is 0 Å². The Kier molecular flexibility index (Phi) is 8.35. The quantitative estimate of drug-likeness (QED) is 0.603. The van der Waals surface area contributed by atoms with Gasteiger partial charge in [-0.25, -0.2) is 0 Å². The van der Waals surface area contributed by atoms with Crippen LogP contribution in [0, 0.1) is 0 Å². The molecule has 23 heavy (non-hydrogen) atoms. The van der Waals surface area contributed by atoms with Crippen LogP contribution in [0.3, 0.4) is 0 Å². The van der Waals surface area contributed by atoms with E-state index >= 15 is 0 Å². The molecule has 1 N–H and O–H groups in total. The van der Waals surface area contributed by atoms with Crippen molar-refractivity contribution in [2.24, 2.45) is 0 Å². The highest BCUT2D eigenvalue weighted by Crippen LogP contribution is 2.13. The minimum Gasteiger partial charge on any atom is -0.467 e. The maximum Gasteiger partial charge on any atom is 0.129 e. The van der Waals surface area contributed by atoms with Crippen LogP contribution in [0.2, 0.25) is 0 Å². The molecule has 0 aliphatic heterocycles. The predicted octanol–water partition coefficient (Wildman–Crippen LogP) is 2.76. The van der Waals surface area contributed by atoms with Gasteiger partial charge in [0.2, 0.25) is 0 Å². The zero-order valence-corrected chi connectivity index (χ0v) is 14.3. The van der Waals surface area contributed by atoms with Crippen molar-refractivity contribution in [3.63, 3.8) is 0 Å². The molecule has 5 nitrogen and oxygen atoms in total. The lowest BCUT2D eigenvalue weighted by Crippen LogP contribution is -2.35. The second kappa shape index (κ2) is 10.6. The van der Waals surface area contributed by atoms with Gasteiger partial charge in [0.15, 0.2) is 0 Å². The largest absolute Gasteiger partial charge is 0.467 e. The van der Waals surface area contributed by atoms with Crippen molar-refractivity contribution in [1.82, 2.24) is 4.90 Å². The second-order valence-corrected chi connectivity index (χ2v) is 6.44. The van der Waals surface area contributed by atoms with Crippen molar-refractivity contribution >= 4 is 11.3 Å². The average molecular weight is 339 g/mol. The van der Waals surface area contributed by atoms with Gasteiger partial charge in [-0.2, -0.15) is 0 Å². The summed E-state index contributed by atoms with van der Waals surface area (Å²) < 4.78 is 15.8. The van der Waals surface area contributed by atoms with Gasteiger partial charge in [0.05, 0.1) is 19.0 Å². The summed E-state index contributed by atoms with van der Waals surface area (Å²) in [5, 5.41) is 12.3. The molecule has 0 saturated heterocycles. The fourth-order valence-electron chi connectivity index (χ4n) is 2.33. The molecule has 0 spiro atoms. The van der Waals surface area contributed by atoms with Crippen molar-refractivity contribution in [3.8, 4) is 0 Å². The van der Waals surface area contributed by atoms with Crippen molar-refractivity contribution in [3.05, 3.63) is 46.5 Å². The smallest absolute Gasteiger partial charge is 0.129 e. The third kappa shape index (κ3) is 7.28. The molecule has 1 unspecified atom stereocenters. The van der Waals surface area contributed by atoms with Gasteiger partial charge in [-0.05, 0) is 30.0 Å². The van der Waals surface area contributed by atoms with Crippen molar-refractivity contribution < 1.29 is 19.0 Å². The fourth-order valence-corrected chi connectivity index (χ4v) is 3.08. The van der Waals surface area contributed by atoms with E-state index in [4.69, 9.17) is 13.9 Å². The summed E-state index contributed by atoms with van der Waals surface area (Å²) in [6.07, 6.45) is 2.04. The predicted molar refractivity (Wildman–Crippen MR) is 90.5 cm³/mol. The molecule has 0 amide bonds. The first-order valence-electron chi connectivity index (χ1n) is 7.80. The number of aliphatic hydroxyl groups excluding tert-OH is 1. The molecular weight excluding hydrogens is 314 g/mol. The Bertz CT molecular complexity index is 501. The number of hydrogen-bond acceptors (Lipinski definition) is 6. The molecule has 0 radical (unpaired) electrons. The van der Waals surface area contributed by atoms with Gasteiger partial charge in [0.1, 0.15) is 12.4 Å². The number of aliphatic hydroxyl groups is 1. The number of hydrogen-bond donors (Lipinski definition) is 1. The summed E-state index contributed by atoms with van der Waals surface area (Å²) in [6.45, 7) is 3.73. The molecule has 6 heteroatoms. The van der Waals surface area contributed by atoms with E-state index in [2.05, 4.69) is 22.4 Å². The lowest BCUT2D eigenvalue weighted by molar-refractivity contribution is 0.00296. The molecule has 2 rings (SSSR count). The third-order valence-electron chi connectivity index (χ3n) is 3.39. The monoisotopic (exact) mass is 339 g/mol. The van der Waals surface area contributed by atoms with Crippen LogP contribution < -0.4 is 0 Å². The summed E-state index contributed by atoms with van der Waals surface area (Å²) in [7, 11) is 1.71. The van der Waals surface area contributed by atoms with Crippen LogP contribution in [-0.2, 0) is 22.6 Å². The van der Waals surface area contributed by atoms with E-state index in [1.807, 2.05) is 12.1 Å². The van der Waals surface area contributed by atoms with Crippen molar-refractivity contribution in [2.45, 2.75) is 25.7 Å². The number of thiophene rings is 1. The first-order valence-corrected chi connectivity index (χ1v) is 8.67. The van der Waals surface area contributed by atoms with E-state index in [1.54, 1.807) is 24.7 Å². The first kappa shape index (κ1) is 18.2. The molecule has 0 saturated carbocycles. The van der Waals surface area contributed by atoms with E-state index in [-0.39, 0.29) is 0 Å². The minimum atomic E-state index is -0.521. The molecule has 2 aromatic heterocycles. The van der Waals surface area contributed by atoms with E-state index in [1.165, 1.54) is 4.88 Å². The number of methoxy groups -OCH3 is 1. The fraction of sp³-hybridized carbons (Fsp3) is 0.529. The molecule has 128 valence electrons. The highest BCUT2D eigenvalue weighted by molar-refractivity contribution is 7.09. The lowest BCUT2D eigenvalue weighted by atomic mass is 10.3. The Morgan fingerprint density at radius 3 is 2.96 bits per heavy atom. The molecule has 2 heterocycles. The molecular formula is C17H25NO4S. The molecule has 0 bridgehead atoms. The normalized spacial score (nSPS) is 12.8. The number of nitrogens with zero attached hydrogens (tertiary/aromatic N) is 1. The molecule has 0 aromatic carbocycles. The van der Waals surface area contributed by atoms with Crippen LogP contribution in [0.4, 0.5) is 0 Å². The van der Waals surface area contributed by atoms with Gasteiger partial charge in [0.25, 0.3) is 0 Å². The number of rotatable bonds is 12. The minimum absolute atomic E-state index is 0.298. The molecule has 2 aromatic rings. The van der Waals surface area contributed by atoms with Crippen molar-refractivity contribution in [1.29, 1.82) is 0 Å². The van der Waals surface area contributed by atoms with Crippen molar-refractivity contribution in [2.75, 3.05) is 33.4 Å². The third-order valence-corrected chi connectivity index (χ3v) is 4.25. The summed E-state index contributed by atoms with van der Waals surface area (Å²) in [6, 6.07) is 7.86. The molecule has 0 aliphatic rings. The van der Waals surface area contributed by atoms with Gasteiger partial charge in [-0.1, -0.05) is 6.07 Å². The van der Waals surface area contributed by atoms with Gasteiger partial charge in [-0.3, -0.25) is 4.90 Å². The summed E-state index contributed by atoms with van der Waals surface area (Å²) in [4.78, 5) is 3.54. The maximum atomic E-state index is 10.2. The van der Waals surface area contributed by atoms with E-state index < -0.39 is 6.10 Å². The molecule has 0 aliphatic carbocycles. The molecule has 0 fully saturated rings. The van der Waals surface area contributed by atoms with Crippen LogP contribution >= 0.6 is 11.3 Å². The second-order valence-electron chi connectivity index (χ2n) is 5.41.